The van der Waals surface area contributed by atoms with E-state index in [1.54, 1.807) is 14.0 Å². The lowest BCUT2D eigenvalue weighted by molar-refractivity contribution is -0.361. The Hall–Kier alpha value is -2.20. The Morgan fingerprint density at radius 3 is 2.03 bits per heavy atom. The number of rotatable bonds is 16. The van der Waals surface area contributed by atoms with Crippen molar-refractivity contribution in [3.8, 4) is 11.5 Å². The van der Waals surface area contributed by atoms with Gasteiger partial charge in [0.15, 0.2) is 6.23 Å². The van der Waals surface area contributed by atoms with Gasteiger partial charge in [-0.05, 0) is 31.2 Å². The van der Waals surface area contributed by atoms with E-state index in [0.29, 0.717) is 25.4 Å². The Balaban J connectivity index is 1.66. The Labute approximate surface area is 178 Å². The Bertz CT molecular complexity index is 661. The lowest BCUT2D eigenvalue weighted by Crippen LogP contribution is -2.43. The molecule has 0 aliphatic rings. The average molecular weight is 421 g/mol. The first-order valence-electron chi connectivity index (χ1n) is 9.99. The summed E-state index contributed by atoms with van der Waals surface area (Å²) in [5, 5.41) is 16.3. The van der Waals surface area contributed by atoms with Gasteiger partial charge in [-0.25, -0.2) is 9.78 Å². The maximum atomic E-state index is 10.1. The van der Waals surface area contributed by atoms with Gasteiger partial charge in [0.25, 0.3) is 0 Å². The first-order valence-corrected chi connectivity index (χ1v) is 9.99. The first-order chi connectivity index (χ1) is 14.7. The van der Waals surface area contributed by atoms with E-state index >= 15 is 0 Å². The predicted molar refractivity (Wildman–Crippen MR) is 113 cm³/mol. The molecule has 0 aliphatic heterocycles. The van der Waals surface area contributed by atoms with E-state index in [1.807, 2.05) is 60.7 Å². The number of benzene rings is 2. The molecule has 0 fully saturated rings. The lowest BCUT2D eigenvalue weighted by Gasteiger charge is -2.22. The van der Waals surface area contributed by atoms with Gasteiger partial charge in [-0.15, -0.1) is 0 Å². The standard InChI is InChI=1S/C22H32N2O6/c1-18(24-15-19(25)16-27-20-9-5-3-6-10-20)29-30-22(23-13-14-26-2)17-28-21-11-7-4-8-12-21/h3-12,18-19,22-25H,13-17H2,1-2H3. The van der Waals surface area contributed by atoms with E-state index in [4.69, 9.17) is 24.0 Å². The zero-order valence-electron chi connectivity index (χ0n) is 17.5. The van der Waals surface area contributed by atoms with Crippen molar-refractivity contribution >= 4 is 0 Å². The largest absolute Gasteiger partial charge is 0.491 e. The number of methoxy groups -OCH3 is 1. The Morgan fingerprint density at radius 2 is 1.43 bits per heavy atom. The molecule has 3 atom stereocenters. The van der Waals surface area contributed by atoms with Crippen molar-refractivity contribution in [1.29, 1.82) is 0 Å². The minimum atomic E-state index is -0.687. The second kappa shape index (κ2) is 14.7. The molecule has 0 bridgehead atoms. The van der Waals surface area contributed by atoms with Gasteiger partial charge in [-0.3, -0.25) is 10.6 Å². The molecule has 0 spiro atoms. The van der Waals surface area contributed by atoms with Crippen LogP contribution in [0.4, 0.5) is 0 Å². The van der Waals surface area contributed by atoms with E-state index < -0.39 is 18.6 Å². The molecule has 0 amide bonds. The third-order valence-corrected chi connectivity index (χ3v) is 3.97. The number of para-hydroxylation sites is 2. The second-order valence-corrected chi connectivity index (χ2v) is 6.58. The minimum absolute atomic E-state index is 0.177. The van der Waals surface area contributed by atoms with Gasteiger partial charge in [0, 0.05) is 20.2 Å². The predicted octanol–water partition coefficient (Wildman–Crippen LogP) is 1.95. The monoisotopic (exact) mass is 420 g/mol. The first kappa shape index (κ1) is 24.1. The molecular formula is C22H32N2O6. The maximum absolute atomic E-state index is 10.1. The summed E-state index contributed by atoms with van der Waals surface area (Å²) in [6.07, 6.45) is -1.62. The highest BCUT2D eigenvalue weighted by Crippen LogP contribution is 2.10. The van der Waals surface area contributed by atoms with Crippen LogP contribution in [0.1, 0.15) is 6.92 Å². The van der Waals surface area contributed by atoms with Crippen LogP contribution in [-0.2, 0) is 14.5 Å². The van der Waals surface area contributed by atoms with Gasteiger partial charge in [0.1, 0.15) is 37.0 Å². The van der Waals surface area contributed by atoms with Crippen molar-refractivity contribution < 1.29 is 29.1 Å². The van der Waals surface area contributed by atoms with Gasteiger partial charge in [-0.1, -0.05) is 36.4 Å². The summed E-state index contributed by atoms with van der Waals surface area (Å²) < 4.78 is 16.3. The molecule has 166 valence electrons. The van der Waals surface area contributed by atoms with Gasteiger partial charge in [0.2, 0.25) is 0 Å². The number of hydrogen-bond donors (Lipinski definition) is 3. The molecule has 0 saturated carbocycles. The normalized spacial score (nSPS) is 14.1. The number of nitrogens with one attached hydrogen (secondary N) is 2. The molecule has 8 nitrogen and oxygen atoms in total. The topological polar surface area (TPSA) is 90.4 Å². The summed E-state index contributed by atoms with van der Waals surface area (Å²) >= 11 is 0. The molecule has 0 saturated heterocycles. The average Bonchev–Trinajstić information content (AvgIpc) is 2.79. The van der Waals surface area contributed by atoms with Crippen LogP contribution in [0.15, 0.2) is 60.7 Å². The molecule has 2 aromatic carbocycles. The maximum Gasteiger partial charge on any atom is 0.178 e. The minimum Gasteiger partial charge on any atom is -0.491 e. The molecule has 2 aromatic rings. The van der Waals surface area contributed by atoms with E-state index in [-0.39, 0.29) is 13.2 Å². The van der Waals surface area contributed by atoms with Gasteiger partial charge < -0.3 is 19.3 Å². The Morgan fingerprint density at radius 1 is 0.833 bits per heavy atom. The smallest absolute Gasteiger partial charge is 0.178 e. The highest BCUT2D eigenvalue weighted by Gasteiger charge is 2.14. The molecule has 0 radical (unpaired) electrons. The molecule has 0 aromatic heterocycles. The van der Waals surface area contributed by atoms with Gasteiger partial charge in [-0.2, -0.15) is 0 Å². The fourth-order valence-electron chi connectivity index (χ4n) is 2.39. The molecular weight excluding hydrogens is 388 g/mol. The third-order valence-electron chi connectivity index (χ3n) is 3.97. The molecule has 0 aliphatic carbocycles. The van der Waals surface area contributed by atoms with Crippen molar-refractivity contribution in [2.75, 3.05) is 40.0 Å². The summed E-state index contributed by atoms with van der Waals surface area (Å²) in [6.45, 7) is 3.63. The number of aliphatic hydroxyl groups excluding tert-OH is 1. The van der Waals surface area contributed by atoms with Crippen LogP contribution >= 0.6 is 0 Å². The van der Waals surface area contributed by atoms with Crippen LogP contribution in [0.5, 0.6) is 11.5 Å². The summed E-state index contributed by atoms with van der Waals surface area (Å²) in [4.78, 5) is 10.9. The van der Waals surface area contributed by atoms with Crippen molar-refractivity contribution in [2.45, 2.75) is 25.5 Å². The number of hydrogen-bond acceptors (Lipinski definition) is 8. The molecule has 2 rings (SSSR count). The van der Waals surface area contributed by atoms with E-state index in [0.717, 1.165) is 5.75 Å². The van der Waals surface area contributed by atoms with Crippen LogP contribution in [-0.4, -0.2) is 63.7 Å². The van der Waals surface area contributed by atoms with Crippen LogP contribution in [0.25, 0.3) is 0 Å². The van der Waals surface area contributed by atoms with E-state index in [2.05, 4.69) is 10.6 Å². The molecule has 3 N–H and O–H groups in total. The molecule has 8 heteroatoms. The summed E-state index contributed by atoms with van der Waals surface area (Å²) in [5.41, 5.74) is 0. The lowest BCUT2D eigenvalue weighted by atomic mass is 10.3. The fraction of sp³-hybridized carbons (Fsp3) is 0.455. The SMILES string of the molecule is COCCNC(COc1ccccc1)OOC(C)NCC(O)COc1ccccc1. The van der Waals surface area contributed by atoms with Crippen LogP contribution in [0.2, 0.25) is 0 Å². The molecule has 3 unspecified atom stereocenters. The van der Waals surface area contributed by atoms with Crippen molar-refractivity contribution in [3.05, 3.63) is 60.7 Å². The highest BCUT2D eigenvalue weighted by atomic mass is 17.2. The highest BCUT2D eigenvalue weighted by molar-refractivity contribution is 5.21. The van der Waals surface area contributed by atoms with Crippen LogP contribution in [0.3, 0.4) is 0 Å². The zero-order chi connectivity index (χ0) is 21.4. The second-order valence-electron chi connectivity index (χ2n) is 6.58. The Kier molecular flexibility index (Phi) is 11.8. The van der Waals surface area contributed by atoms with Crippen molar-refractivity contribution in [2.24, 2.45) is 0 Å². The van der Waals surface area contributed by atoms with E-state index in [1.165, 1.54) is 0 Å². The number of ether oxygens (including phenoxy) is 3. The summed E-state index contributed by atoms with van der Waals surface area (Å²) in [6, 6.07) is 18.8. The van der Waals surface area contributed by atoms with Crippen LogP contribution < -0.4 is 20.1 Å². The third kappa shape index (κ3) is 10.5. The van der Waals surface area contributed by atoms with Gasteiger partial charge in [0.05, 0.1) is 6.61 Å². The van der Waals surface area contributed by atoms with Crippen molar-refractivity contribution in [3.63, 3.8) is 0 Å². The molecule has 30 heavy (non-hydrogen) atoms. The fourth-order valence-corrected chi connectivity index (χ4v) is 2.39. The van der Waals surface area contributed by atoms with E-state index in [9.17, 15) is 5.11 Å². The van der Waals surface area contributed by atoms with Crippen molar-refractivity contribution in [1.82, 2.24) is 10.6 Å². The zero-order valence-corrected chi connectivity index (χ0v) is 17.5. The van der Waals surface area contributed by atoms with Gasteiger partial charge >= 0.3 is 0 Å². The summed E-state index contributed by atoms with van der Waals surface area (Å²) in [5.74, 6) is 1.46. The molecule has 0 heterocycles. The van der Waals surface area contributed by atoms with Crippen LogP contribution in [0, 0.1) is 0 Å². The number of aliphatic hydroxyl groups is 1. The summed E-state index contributed by atoms with van der Waals surface area (Å²) in [7, 11) is 1.63. The quantitative estimate of drug-likeness (QED) is 0.164.